The SMILES string of the molecule is CCCCOC(=O)C(CC(C)(C)C(C)(C)C(C)(CC(C)(C)C)C(=O)OCCOP(=O)(OC(C)C)OC(C)C)C(C)(C)C. The Kier molecular flexibility index (Phi) is 15.5. The summed E-state index contributed by atoms with van der Waals surface area (Å²) in [7, 11) is -3.81. The van der Waals surface area contributed by atoms with Gasteiger partial charge in [0.2, 0.25) is 0 Å². The minimum absolute atomic E-state index is 0.101. The molecule has 0 rings (SSSR count). The normalized spacial score (nSPS) is 16.0. The van der Waals surface area contributed by atoms with Gasteiger partial charge in [0.25, 0.3) is 0 Å². The third-order valence-electron chi connectivity index (χ3n) is 8.44. The molecule has 0 aromatic carbocycles. The topological polar surface area (TPSA) is 97.4 Å². The first-order valence-electron chi connectivity index (χ1n) is 15.7. The molecule has 0 bridgehead atoms. The van der Waals surface area contributed by atoms with Crippen LogP contribution in [0.3, 0.4) is 0 Å². The van der Waals surface area contributed by atoms with Gasteiger partial charge in [0.05, 0.1) is 36.8 Å². The zero-order valence-electron chi connectivity index (χ0n) is 29.9. The van der Waals surface area contributed by atoms with Crippen LogP contribution in [0.15, 0.2) is 0 Å². The Bertz CT molecular complexity index is 881. The van der Waals surface area contributed by atoms with Gasteiger partial charge in [-0.05, 0) is 75.5 Å². The Balaban J connectivity index is 6.11. The van der Waals surface area contributed by atoms with Gasteiger partial charge in [-0.15, -0.1) is 0 Å². The first-order valence-corrected chi connectivity index (χ1v) is 17.2. The van der Waals surface area contributed by atoms with Crippen LogP contribution >= 0.6 is 7.82 Å². The van der Waals surface area contributed by atoms with E-state index in [0.29, 0.717) is 19.4 Å². The van der Waals surface area contributed by atoms with Crippen LogP contribution in [0.2, 0.25) is 0 Å². The largest absolute Gasteiger partial charge is 0.475 e. The summed E-state index contributed by atoms with van der Waals surface area (Å²) in [5.41, 5.74) is -2.49. The van der Waals surface area contributed by atoms with Crippen molar-refractivity contribution in [2.75, 3.05) is 19.8 Å². The summed E-state index contributed by atoms with van der Waals surface area (Å²) in [6.45, 7) is 32.2. The van der Waals surface area contributed by atoms with Crippen molar-refractivity contribution in [2.24, 2.45) is 33.0 Å². The zero-order valence-corrected chi connectivity index (χ0v) is 30.8. The zero-order chi connectivity index (χ0) is 33.4. The molecule has 0 saturated carbocycles. The molecule has 250 valence electrons. The summed E-state index contributed by atoms with van der Waals surface area (Å²) >= 11 is 0. The number of rotatable bonds is 18. The van der Waals surface area contributed by atoms with E-state index in [1.54, 1.807) is 27.7 Å². The first kappa shape index (κ1) is 41.0. The molecule has 2 unspecified atom stereocenters. The average Bonchev–Trinajstić information content (AvgIpc) is 2.77. The Morgan fingerprint density at radius 3 is 1.64 bits per heavy atom. The lowest BCUT2D eigenvalue weighted by Gasteiger charge is -2.55. The van der Waals surface area contributed by atoms with Crippen LogP contribution in [0.5, 0.6) is 0 Å². The number of hydrogen-bond acceptors (Lipinski definition) is 8. The highest BCUT2D eigenvalue weighted by atomic mass is 31.2. The van der Waals surface area contributed by atoms with Crippen LogP contribution in [0.4, 0.5) is 0 Å². The van der Waals surface area contributed by atoms with E-state index in [-0.39, 0.29) is 54.1 Å². The molecular weight excluding hydrogens is 555 g/mol. The predicted octanol–water partition coefficient (Wildman–Crippen LogP) is 9.39. The molecule has 0 aromatic rings. The number of phosphoric acid groups is 1. The Morgan fingerprint density at radius 1 is 0.738 bits per heavy atom. The number of carbonyl (C=O) groups is 2. The molecule has 0 saturated heterocycles. The molecule has 0 N–H and O–H groups in total. The fourth-order valence-corrected chi connectivity index (χ4v) is 6.83. The van der Waals surface area contributed by atoms with Crippen molar-refractivity contribution in [2.45, 2.75) is 149 Å². The molecule has 0 radical (unpaired) electrons. The van der Waals surface area contributed by atoms with Crippen LogP contribution < -0.4 is 0 Å². The van der Waals surface area contributed by atoms with Gasteiger partial charge in [-0.2, -0.15) is 0 Å². The lowest BCUT2D eigenvalue weighted by atomic mass is 9.49. The Hall–Kier alpha value is -0.950. The third kappa shape index (κ3) is 12.6. The maximum absolute atomic E-state index is 14.0. The van der Waals surface area contributed by atoms with E-state index in [9.17, 15) is 14.2 Å². The van der Waals surface area contributed by atoms with Crippen molar-refractivity contribution in [3.63, 3.8) is 0 Å². The number of ether oxygens (including phenoxy) is 2. The molecular formula is C33H65O8P. The van der Waals surface area contributed by atoms with E-state index in [1.165, 1.54) is 0 Å². The summed E-state index contributed by atoms with van der Waals surface area (Å²) in [6, 6.07) is 0. The molecule has 0 aliphatic rings. The minimum Gasteiger partial charge on any atom is -0.465 e. The summed E-state index contributed by atoms with van der Waals surface area (Å²) < 4.78 is 40.9. The highest BCUT2D eigenvalue weighted by molar-refractivity contribution is 7.48. The molecule has 42 heavy (non-hydrogen) atoms. The van der Waals surface area contributed by atoms with Crippen molar-refractivity contribution in [1.29, 1.82) is 0 Å². The Labute approximate surface area is 258 Å². The molecule has 0 aliphatic carbocycles. The van der Waals surface area contributed by atoms with Crippen LogP contribution in [-0.2, 0) is 37.2 Å². The highest BCUT2D eigenvalue weighted by Gasteiger charge is 2.58. The van der Waals surface area contributed by atoms with E-state index in [1.807, 2.05) is 6.92 Å². The molecule has 9 heteroatoms. The maximum Gasteiger partial charge on any atom is 0.475 e. The fourth-order valence-electron chi connectivity index (χ4n) is 5.33. The lowest BCUT2D eigenvalue weighted by Crippen LogP contribution is -2.54. The lowest BCUT2D eigenvalue weighted by molar-refractivity contribution is -0.177. The van der Waals surface area contributed by atoms with E-state index in [0.717, 1.165) is 12.8 Å². The molecule has 0 spiro atoms. The van der Waals surface area contributed by atoms with Gasteiger partial charge in [0.15, 0.2) is 0 Å². The quantitative estimate of drug-likeness (QED) is 0.0849. The molecule has 0 aliphatic heterocycles. The van der Waals surface area contributed by atoms with Gasteiger partial charge < -0.3 is 9.47 Å². The number of esters is 2. The molecule has 0 amide bonds. The second kappa shape index (κ2) is 15.9. The van der Waals surface area contributed by atoms with Gasteiger partial charge >= 0.3 is 19.8 Å². The van der Waals surface area contributed by atoms with E-state index >= 15 is 0 Å². The molecule has 2 atom stereocenters. The van der Waals surface area contributed by atoms with Gasteiger partial charge in [-0.1, -0.05) is 82.6 Å². The number of phosphoric ester groups is 1. The van der Waals surface area contributed by atoms with E-state index < -0.39 is 24.1 Å². The smallest absolute Gasteiger partial charge is 0.465 e. The molecule has 8 nitrogen and oxygen atoms in total. The van der Waals surface area contributed by atoms with Crippen molar-refractivity contribution >= 4 is 19.8 Å². The van der Waals surface area contributed by atoms with Gasteiger partial charge in [0, 0.05) is 0 Å². The van der Waals surface area contributed by atoms with E-state index in [2.05, 4.69) is 76.2 Å². The van der Waals surface area contributed by atoms with Crippen LogP contribution in [-0.4, -0.2) is 44.0 Å². The summed E-state index contributed by atoms with van der Waals surface area (Å²) in [5.74, 6) is -0.891. The highest BCUT2D eigenvalue weighted by Crippen LogP contribution is 2.59. The van der Waals surface area contributed by atoms with Crippen molar-refractivity contribution < 1.29 is 37.2 Å². The second-order valence-corrected chi connectivity index (χ2v) is 17.5. The summed E-state index contributed by atoms with van der Waals surface area (Å²) in [6.07, 6.45) is 2.17. The predicted molar refractivity (Wildman–Crippen MR) is 170 cm³/mol. The molecule has 0 heterocycles. The molecule has 0 fully saturated rings. The average molecular weight is 621 g/mol. The fraction of sp³-hybridized carbons (Fsp3) is 0.939. The summed E-state index contributed by atoms with van der Waals surface area (Å²) in [5, 5.41) is 0. The molecule has 0 aromatic heterocycles. The van der Waals surface area contributed by atoms with Crippen LogP contribution in [0, 0.1) is 33.0 Å². The van der Waals surface area contributed by atoms with Crippen molar-refractivity contribution in [3.05, 3.63) is 0 Å². The monoisotopic (exact) mass is 620 g/mol. The van der Waals surface area contributed by atoms with Crippen molar-refractivity contribution in [3.8, 4) is 0 Å². The van der Waals surface area contributed by atoms with Crippen LogP contribution in [0.1, 0.15) is 136 Å². The van der Waals surface area contributed by atoms with E-state index in [4.69, 9.17) is 23.0 Å². The first-order chi connectivity index (χ1) is 18.7. The van der Waals surface area contributed by atoms with Gasteiger partial charge in [-0.25, -0.2) is 4.57 Å². The number of carbonyl (C=O) groups excluding carboxylic acids is 2. The van der Waals surface area contributed by atoms with Gasteiger partial charge in [0.1, 0.15) is 6.61 Å². The Morgan fingerprint density at radius 2 is 1.24 bits per heavy atom. The second-order valence-electron chi connectivity index (χ2n) is 15.9. The van der Waals surface area contributed by atoms with Crippen molar-refractivity contribution in [1.82, 2.24) is 0 Å². The summed E-state index contributed by atoms with van der Waals surface area (Å²) in [4.78, 5) is 27.3. The number of unbranched alkanes of at least 4 members (excludes halogenated alkanes) is 1. The van der Waals surface area contributed by atoms with Crippen LogP contribution in [0.25, 0.3) is 0 Å². The number of hydrogen-bond donors (Lipinski definition) is 0. The third-order valence-corrected chi connectivity index (χ3v) is 10.3. The minimum atomic E-state index is -3.81. The van der Waals surface area contributed by atoms with Gasteiger partial charge in [-0.3, -0.25) is 23.2 Å². The maximum atomic E-state index is 14.0. The standard InChI is InChI=1S/C33H65O8P/c1-17-18-19-37-27(34)26(30(9,10)11)22-31(12,13)32(14,15)33(16,23-29(6,7)8)28(35)38-20-21-39-42(36,40-24(2)3)41-25(4)5/h24-26H,17-23H2,1-16H3.